The largest absolute Gasteiger partial charge is 0.467 e. The molecule has 8 heteroatoms. The van der Waals surface area contributed by atoms with Crippen LogP contribution in [0.4, 0.5) is 4.79 Å². The monoisotopic (exact) mass is 358 g/mol. The zero-order chi connectivity index (χ0) is 17.6. The van der Waals surface area contributed by atoms with Gasteiger partial charge in [-0.2, -0.15) is 11.8 Å². The van der Waals surface area contributed by atoms with Gasteiger partial charge in [0.25, 0.3) is 0 Å². The maximum absolute atomic E-state index is 12.7. The zero-order valence-corrected chi connectivity index (χ0v) is 15.2. The van der Waals surface area contributed by atoms with Gasteiger partial charge in [0.2, 0.25) is 5.91 Å². The van der Waals surface area contributed by atoms with Crippen molar-refractivity contribution in [3.8, 4) is 0 Å². The number of carbonyl (C=O) groups excluding carboxylic acids is 3. The molecule has 7 nitrogen and oxygen atoms in total. The van der Waals surface area contributed by atoms with Gasteiger partial charge in [0.1, 0.15) is 5.54 Å². The Balaban J connectivity index is 2.01. The van der Waals surface area contributed by atoms with Crippen molar-refractivity contribution in [1.82, 2.24) is 10.2 Å². The first-order chi connectivity index (χ1) is 11.5. The van der Waals surface area contributed by atoms with Crippen LogP contribution in [0.5, 0.6) is 0 Å². The molecule has 1 unspecified atom stereocenters. The number of esters is 1. The van der Waals surface area contributed by atoms with Crippen LogP contribution in [0.3, 0.4) is 0 Å². The molecule has 2 amide bonds. The Bertz CT molecular complexity index is 479. The molecule has 24 heavy (non-hydrogen) atoms. The summed E-state index contributed by atoms with van der Waals surface area (Å²) < 4.78 is 9.94. The smallest absolute Gasteiger partial charge is 0.409 e. The Hall–Kier alpha value is -1.44. The van der Waals surface area contributed by atoms with Crippen LogP contribution < -0.4 is 5.32 Å². The second kappa shape index (κ2) is 8.60. The van der Waals surface area contributed by atoms with Crippen LogP contribution in [0.15, 0.2) is 0 Å². The minimum atomic E-state index is -0.927. The molecule has 2 fully saturated rings. The molecular weight excluding hydrogens is 332 g/mol. The molecule has 0 spiro atoms. The van der Waals surface area contributed by atoms with Gasteiger partial charge < -0.3 is 19.7 Å². The number of nitrogens with zero attached hydrogens (tertiary/aromatic N) is 1. The quantitative estimate of drug-likeness (QED) is 0.765. The molecule has 0 radical (unpaired) electrons. The standard InChI is InChI=1S/C16H26N2O5S/c1-3-23-15(21)18-8-4-5-12(11-18)13(19)17-16(14(20)22-2)6-9-24-10-7-16/h12H,3-11H2,1-2H3,(H,17,19). The fraction of sp³-hybridized carbons (Fsp3) is 0.812. The molecule has 0 bridgehead atoms. The van der Waals surface area contributed by atoms with E-state index >= 15 is 0 Å². The lowest BCUT2D eigenvalue weighted by molar-refractivity contribution is -0.152. The van der Waals surface area contributed by atoms with Gasteiger partial charge in [-0.05, 0) is 44.1 Å². The topological polar surface area (TPSA) is 84.9 Å². The van der Waals surface area contributed by atoms with Crippen molar-refractivity contribution in [2.45, 2.75) is 38.1 Å². The summed E-state index contributed by atoms with van der Waals surface area (Å²) in [5.74, 6) is 0.749. The average Bonchev–Trinajstić information content (AvgIpc) is 2.62. The van der Waals surface area contributed by atoms with E-state index in [0.29, 0.717) is 39.0 Å². The second-order valence-corrected chi connectivity index (χ2v) is 7.38. The highest BCUT2D eigenvalue weighted by Crippen LogP contribution is 2.29. The summed E-state index contributed by atoms with van der Waals surface area (Å²) in [5.41, 5.74) is -0.927. The fourth-order valence-corrected chi connectivity index (χ4v) is 4.39. The molecule has 0 saturated carbocycles. The van der Waals surface area contributed by atoms with Crippen LogP contribution in [0.25, 0.3) is 0 Å². The van der Waals surface area contributed by atoms with Crippen molar-refractivity contribution in [2.75, 3.05) is 38.3 Å². The Labute approximate surface area is 146 Å². The van der Waals surface area contributed by atoms with Crippen molar-refractivity contribution in [2.24, 2.45) is 5.92 Å². The van der Waals surface area contributed by atoms with E-state index in [9.17, 15) is 14.4 Å². The highest BCUT2D eigenvalue weighted by atomic mass is 32.2. The van der Waals surface area contributed by atoms with Crippen LogP contribution in [0, 0.1) is 5.92 Å². The molecule has 0 aromatic rings. The van der Waals surface area contributed by atoms with E-state index in [1.165, 1.54) is 7.11 Å². The molecule has 2 rings (SSSR count). The summed E-state index contributed by atoms with van der Waals surface area (Å²) in [7, 11) is 1.35. The molecule has 0 aromatic heterocycles. The number of rotatable bonds is 4. The third kappa shape index (κ3) is 4.34. The lowest BCUT2D eigenvalue weighted by Gasteiger charge is -2.37. The van der Waals surface area contributed by atoms with Crippen molar-refractivity contribution >= 4 is 29.7 Å². The van der Waals surface area contributed by atoms with E-state index in [0.717, 1.165) is 17.9 Å². The molecule has 2 saturated heterocycles. The van der Waals surface area contributed by atoms with Crippen molar-refractivity contribution in [3.05, 3.63) is 0 Å². The average molecular weight is 358 g/mol. The molecule has 2 heterocycles. The van der Waals surface area contributed by atoms with Crippen LogP contribution in [-0.4, -0.2) is 66.7 Å². The molecule has 2 aliphatic heterocycles. The van der Waals surface area contributed by atoms with Crippen LogP contribution in [0.2, 0.25) is 0 Å². The van der Waals surface area contributed by atoms with Crippen molar-refractivity contribution < 1.29 is 23.9 Å². The van der Waals surface area contributed by atoms with Gasteiger partial charge in [-0.25, -0.2) is 9.59 Å². The Kier molecular flexibility index (Phi) is 6.77. The summed E-state index contributed by atoms with van der Waals surface area (Å²) in [6.45, 7) is 3.00. The molecule has 0 aromatic carbocycles. The Morgan fingerprint density at radius 2 is 2.00 bits per heavy atom. The fourth-order valence-electron chi connectivity index (χ4n) is 3.21. The number of piperidine rings is 1. The van der Waals surface area contributed by atoms with E-state index in [1.807, 2.05) is 0 Å². The number of likely N-dealkylation sites (tertiary alicyclic amines) is 1. The highest BCUT2D eigenvalue weighted by molar-refractivity contribution is 7.99. The summed E-state index contributed by atoms with van der Waals surface area (Å²) in [5, 5.41) is 2.94. The molecule has 1 atom stereocenters. The van der Waals surface area contributed by atoms with E-state index in [1.54, 1.807) is 23.6 Å². The summed E-state index contributed by atoms with van der Waals surface area (Å²) in [4.78, 5) is 38.4. The summed E-state index contributed by atoms with van der Waals surface area (Å²) >= 11 is 1.77. The number of carbonyl (C=O) groups is 3. The first-order valence-electron chi connectivity index (χ1n) is 8.42. The first kappa shape index (κ1) is 18.9. The van der Waals surface area contributed by atoms with Crippen LogP contribution >= 0.6 is 11.8 Å². The van der Waals surface area contributed by atoms with Gasteiger partial charge in [0.05, 0.1) is 19.6 Å². The summed E-state index contributed by atoms with van der Waals surface area (Å²) in [6.07, 6.45) is 2.22. The van der Waals surface area contributed by atoms with Gasteiger partial charge in [-0.1, -0.05) is 0 Å². The Morgan fingerprint density at radius 1 is 1.29 bits per heavy atom. The molecule has 2 aliphatic rings. The maximum atomic E-state index is 12.7. The minimum Gasteiger partial charge on any atom is -0.467 e. The van der Waals surface area contributed by atoms with Gasteiger partial charge in [0, 0.05) is 13.1 Å². The number of ether oxygens (including phenoxy) is 2. The predicted molar refractivity (Wildman–Crippen MR) is 90.8 cm³/mol. The van der Waals surface area contributed by atoms with Gasteiger partial charge in [-0.3, -0.25) is 4.79 Å². The Morgan fingerprint density at radius 3 is 2.62 bits per heavy atom. The number of methoxy groups -OCH3 is 1. The SMILES string of the molecule is CCOC(=O)N1CCCC(C(=O)NC2(C(=O)OC)CCSCC2)C1. The number of amides is 2. The van der Waals surface area contributed by atoms with Crippen molar-refractivity contribution in [3.63, 3.8) is 0 Å². The van der Waals surface area contributed by atoms with Crippen LogP contribution in [-0.2, 0) is 19.1 Å². The highest BCUT2D eigenvalue weighted by Gasteiger charge is 2.43. The molecular formula is C16H26N2O5S. The molecule has 1 N–H and O–H groups in total. The summed E-state index contributed by atoms with van der Waals surface area (Å²) in [6, 6.07) is 0. The number of nitrogens with one attached hydrogen (secondary N) is 1. The van der Waals surface area contributed by atoms with Gasteiger partial charge in [0.15, 0.2) is 0 Å². The normalized spacial score (nSPS) is 23.2. The van der Waals surface area contributed by atoms with Gasteiger partial charge in [-0.15, -0.1) is 0 Å². The number of thioether (sulfide) groups is 1. The molecule has 136 valence electrons. The third-order valence-corrected chi connectivity index (χ3v) is 5.59. The number of hydrogen-bond acceptors (Lipinski definition) is 6. The van der Waals surface area contributed by atoms with Crippen molar-refractivity contribution in [1.29, 1.82) is 0 Å². The molecule has 0 aliphatic carbocycles. The number of hydrogen-bond donors (Lipinski definition) is 1. The maximum Gasteiger partial charge on any atom is 0.409 e. The lowest BCUT2D eigenvalue weighted by Crippen LogP contribution is -2.59. The van der Waals surface area contributed by atoms with E-state index in [2.05, 4.69) is 5.32 Å². The zero-order valence-electron chi connectivity index (χ0n) is 14.3. The van der Waals surface area contributed by atoms with Crippen LogP contribution in [0.1, 0.15) is 32.6 Å². The van der Waals surface area contributed by atoms with Gasteiger partial charge >= 0.3 is 12.1 Å². The van der Waals surface area contributed by atoms with E-state index < -0.39 is 5.54 Å². The minimum absolute atomic E-state index is 0.179. The van der Waals surface area contributed by atoms with E-state index in [-0.39, 0.29) is 23.9 Å². The second-order valence-electron chi connectivity index (χ2n) is 6.16. The van der Waals surface area contributed by atoms with E-state index in [4.69, 9.17) is 9.47 Å². The lowest BCUT2D eigenvalue weighted by atomic mass is 9.89. The third-order valence-electron chi connectivity index (χ3n) is 4.60. The first-order valence-corrected chi connectivity index (χ1v) is 9.58. The predicted octanol–water partition coefficient (Wildman–Crippen LogP) is 1.41.